The summed E-state index contributed by atoms with van der Waals surface area (Å²) < 4.78 is 4.74. The van der Waals surface area contributed by atoms with Crippen LogP contribution in [0.2, 0.25) is 0 Å². The highest BCUT2D eigenvalue weighted by Crippen LogP contribution is 2.37. The molecule has 1 saturated carbocycles. The number of methoxy groups -OCH3 is 1. The molecule has 0 bridgehead atoms. The Morgan fingerprint density at radius 1 is 1.48 bits per heavy atom. The number of nitrogens with one attached hydrogen (secondary N) is 1. The summed E-state index contributed by atoms with van der Waals surface area (Å²) in [5.41, 5.74) is 0.897. The number of aromatic nitrogens is 1. The van der Waals surface area contributed by atoms with E-state index in [9.17, 15) is 9.59 Å². The van der Waals surface area contributed by atoms with Crippen molar-refractivity contribution in [3.05, 3.63) is 16.1 Å². The van der Waals surface area contributed by atoms with Gasteiger partial charge in [-0.25, -0.2) is 14.6 Å². The second-order valence-electron chi connectivity index (χ2n) is 6.36. The summed E-state index contributed by atoms with van der Waals surface area (Å²) in [5, 5.41) is 5.91. The summed E-state index contributed by atoms with van der Waals surface area (Å²) in [4.78, 5) is 30.2. The Morgan fingerprint density at radius 3 is 2.70 bits per heavy atom. The van der Waals surface area contributed by atoms with Gasteiger partial charge in [-0.05, 0) is 18.8 Å². The Bertz CT molecular complexity index is 555. The fourth-order valence-corrected chi connectivity index (χ4v) is 3.40. The second-order valence-corrected chi connectivity index (χ2v) is 7.24. The highest BCUT2D eigenvalue weighted by Gasteiger charge is 2.27. The predicted molar refractivity (Wildman–Crippen MR) is 89.3 cm³/mol. The van der Waals surface area contributed by atoms with Gasteiger partial charge in [-0.3, -0.25) is 0 Å². The smallest absolute Gasteiger partial charge is 0.328 e. The van der Waals surface area contributed by atoms with Gasteiger partial charge in [-0.1, -0.05) is 20.3 Å². The first-order chi connectivity index (χ1) is 10.9. The largest absolute Gasteiger partial charge is 0.467 e. The standard InChI is InChI=1S/C16H25N3O3S/c1-10(2)13(15(20)22-4)18-16(21)19(3)8-12-9-23-14(17-12)11-6-5-7-11/h9-11,13H,5-8H2,1-4H3,(H,18,21)/t13-/m0/s1. The molecule has 0 unspecified atom stereocenters. The van der Waals surface area contributed by atoms with Gasteiger partial charge in [0.05, 0.1) is 24.4 Å². The molecule has 0 aliphatic heterocycles. The van der Waals surface area contributed by atoms with Gasteiger partial charge in [0, 0.05) is 18.3 Å². The van der Waals surface area contributed by atoms with E-state index in [0.717, 1.165) is 5.69 Å². The van der Waals surface area contributed by atoms with Crippen molar-refractivity contribution in [1.29, 1.82) is 0 Å². The fraction of sp³-hybridized carbons (Fsp3) is 0.688. The lowest BCUT2D eigenvalue weighted by atomic mass is 9.86. The van der Waals surface area contributed by atoms with E-state index < -0.39 is 12.0 Å². The van der Waals surface area contributed by atoms with Crippen LogP contribution < -0.4 is 5.32 Å². The molecule has 1 aromatic heterocycles. The molecule has 1 aliphatic carbocycles. The molecule has 2 rings (SSSR count). The summed E-state index contributed by atoms with van der Waals surface area (Å²) in [6, 6.07) is -0.941. The first-order valence-corrected chi connectivity index (χ1v) is 8.84. The van der Waals surface area contributed by atoms with Crippen molar-refractivity contribution in [2.75, 3.05) is 14.2 Å². The van der Waals surface area contributed by atoms with Gasteiger partial charge in [0.2, 0.25) is 0 Å². The minimum absolute atomic E-state index is 0.0377. The lowest BCUT2D eigenvalue weighted by molar-refractivity contribution is -0.144. The van der Waals surface area contributed by atoms with Gasteiger partial charge < -0.3 is 15.0 Å². The van der Waals surface area contributed by atoms with Gasteiger partial charge in [0.15, 0.2) is 0 Å². The molecule has 0 spiro atoms. The topological polar surface area (TPSA) is 71.5 Å². The van der Waals surface area contributed by atoms with E-state index in [4.69, 9.17) is 4.74 Å². The van der Waals surface area contributed by atoms with Crippen molar-refractivity contribution >= 4 is 23.3 Å². The summed E-state index contributed by atoms with van der Waals surface area (Å²) in [7, 11) is 3.03. The molecule has 0 saturated heterocycles. The number of hydrogen-bond donors (Lipinski definition) is 1. The molecule has 1 aliphatic rings. The SMILES string of the molecule is COC(=O)[C@@H](NC(=O)N(C)Cc1csc(C2CCC2)n1)C(C)C. The number of ether oxygens (including phenoxy) is 1. The summed E-state index contributed by atoms with van der Waals surface area (Å²) in [6.07, 6.45) is 3.73. The number of amides is 2. The van der Waals surface area contributed by atoms with Crippen LogP contribution in [0, 0.1) is 5.92 Å². The Morgan fingerprint density at radius 2 is 2.17 bits per heavy atom. The van der Waals surface area contributed by atoms with Crippen molar-refractivity contribution in [3.8, 4) is 0 Å². The molecule has 128 valence electrons. The first-order valence-electron chi connectivity index (χ1n) is 7.96. The van der Waals surface area contributed by atoms with Crippen LogP contribution in [0.1, 0.15) is 49.7 Å². The van der Waals surface area contributed by atoms with E-state index in [1.165, 1.54) is 36.3 Å². The van der Waals surface area contributed by atoms with Crippen LogP contribution >= 0.6 is 11.3 Å². The first kappa shape index (κ1) is 17.7. The number of rotatable bonds is 6. The molecule has 1 heterocycles. The van der Waals surface area contributed by atoms with Gasteiger partial charge in [0.25, 0.3) is 0 Å². The van der Waals surface area contributed by atoms with Gasteiger partial charge in [0.1, 0.15) is 6.04 Å². The van der Waals surface area contributed by atoms with E-state index in [2.05, 4.69) is 10.3 Å². The van der Waals surface area contributed by atoms with E-state index in [1.807, 2.05) is 19.2 Å². The number of hydrogen-bond acceptors (Lipinski definition) is 5. The Hall–Kier alpha value is -1.63. The van der Waals surface area contributed by atoms with Crippen molar-refractivity contribution in [2.24, 2.45) is 5.92 Å². The predicted octanol–water partition coefficient (Wildman–Crippen LogP) is 2.75. The van der Waals surface area contributed by atoms with Crippen LogP contribution in [0.5, 0.6) is 0 Å². The van der Waals surface area contributed by atoms with Crippen molar-refractivity contribution in [1.82, 2.24) is 15.2 Å². The molecular formula is C16H25N3O3S. The monoisotopic (exact) mass is 339 g/mol. The van der Waals surface area contributed by atoms with E-state index in [1.54, 1.807) is 18.4 Å². The third-order valence-electron chi connectivity index (χ3n) is 4.17. The quantitative estimate of drug-likeness (QED) is 0.809. The van der Waals surface area contributed by atoms with Crippen LogP contribution in [0.3, 0.4) is 0 Å². The molecule has 23 heavy (non-hydrogen) atoms. The van der Waals surface area contributed by atoms with Crippen molar-refractivity contribution in [2.45, 2.75) is 51.6 Å². The minimum atomic E-state index is -0.643. The summed E-state index contributed by atoms with van der Waals surface area (Å²) in [5.74, 6) is 0.143. The zero-order chi connectivity index (χ0) is 17.0. The zero-order valence-corrected chi connectivity index (χ0v) is 15.0. The van der Waals surface area contributed by atoms with Gasteiger partial charge >= 0.3 is 12.0 Å². The van der Waals surface area contributed by atoms with Gasteiger partial charge in [-0.15, -0.1) is 11.3 Å². The maximum absolute atomic E-state index is 12.3. The van der Waals surface area contributed by atoms with Crippen molar-refractivity contribution in [3.63, 3.8) is 0 Å². The zero-order valence-electron chi connectivity index (χ0n) is 14.2. The van der Waals surface area contributed by atoms with Crippen LogP contribution in [-0.2, 0) is 16.1 Å². The molecule has 6 nitrogen and oxygen atoms in total. The van der Waals surface area contributed by atoms with Crippen LogP contribution in [0.25, 0.3) is 0 Å². The summed E-state index contributed by atoms with van der Waals surface area (Å²) in [6.45, 7) is 4.17. The second kappa shape index (κ2) is 7.77. The molecule has 1 fully saturated rings. The molecular weight excluding hydrogens is 314 g/mol. The lowest BCUT2D eigenvalue weighted by Crippen LogP contribution is -2.49. The number of nitrogens with zero attached hydrogens (tertiary/aromatic N) is 2. The summed E-state index contributed by atoms with van der Waals surface area (Å²) >= 11 is 1.67. The number of carbonyl (C=O) groups excluding carboxylic acids is 2. The molecule has 1 aromatic rings. The van der Waals surface area contributed by atoms with E-state index in [-0.39, 0.29) is 11.9 Å². The average Bonchev–Trinajstić information content (AvgIpc) is 2.89. The maximum Gasteiger partial charge on any atom is 0.328 e. The van der Waals surface area contributed by atoms with Crippen molar-refractivity contribution < 1.29 is 14.3 Å². The van der Waals surface area contributed by atoms with Crippen LogP contribution in [-0.4, -0.2) is 42.1 Å². The van der Waals surface area contributed by atoms with Gasteiger partial charge in [-0.2, -0.15) is 0 Å². The minimum Gasteiger partial charge on any atom is -0.467 e. The molecule has 1 N–H and O–H groups in total. The third-order valence-corrected chi connectivity index (χ3v) is 5.23. The van der Waals surface area contributed by atoms with E-state index >= 15 is 0 Å². The van der Waals surface area contributed by atoms with Crippen LogP contribution in [0.15, 0.2) is 5.38 Å². The van der Waals surface area contributed by atoms with Crippen LogP contribution in [0.4, 0.5) is 4.79 Å². The Labute approximate surface area is 141 Å². The number of thiazole rings is 1. The average molecular weight is 339 g/mol. The maximum atomic E-state index is 12.3. The highest BCUT2D eigenvalue weighted by molar-refractivity contribution is 7.09. The Balaban J connectivity index is 1.91. The molecule has 0 radical (unpaired) electrons. The number of urea groups is 1. The normalized spacial score (nSPS) is 15.9. The van der Waals surface area contributed by atoms with E-state index in [0.29, 0.717) is 12.5 Å². The molecule has 1 atom stereocenters. The number of carbonyl (C=O) groups is 2. The highest BCUT2D eigenvalue weighted by atomic mass is 32.1. The number of esters is 1. The Kier molecular flexibility index (Phi) is 5.98. The lowest BCUT2D eigenvalue weighted by Gasteiger charge is -2.24. The molecule has 0 aromatic carbocycles. The molecule has 2 amide bonds. The fourth-order valence-electron chi connectivity index (χ4n) is 2.42. The molecule has 7 heteroatoms. The third kappa shape index (κ3) is 4.43.